The molecular formula is C18H25F2N. The van der Waals surface area contributed by atoms with E-state index in [1.165, 1.54) is 30.4 Å². The first-order valence-corrected chi connectivity index (χ1v) is 8.24. The van der Waals surface area contributed by atoms with Gasteiger partial charge in [-0.3, -0.25) is 0 Å². The van der Waals surface area contributed by atoms with E-state index in [4.69, 9.17) is 0 Å². The number of hydrogen-bond acceptors (Lipinski definition) is 1. The fourth-order valence-corrected chi connectivity index (χ4v) is 3.93. The third-order valence-electron chi connectivity index (χ3n) is 5.42. The molecule has 1 aromatic carbocycles. The van der Waals surface area contributed by atoms with Crippen molar-refractivity contribution in [3.05, 3.63) is 35.4 Å². The first-order valence-electron chi connectivity index (χ1n) is 8.24. The van der Waals surface area contributed by atoms with Crippen LogP contribution in [-0.4, -0.2) is 13.0 Å². The molecule has 0 aromatic heterocycles. The van der Waals surface area contributed by atoms with Crippen LogP contribution in [0.2, 0.25) is 0 Å². The van der Waals surface area contributed by atoms with Crippen LogP contribution in [0.5, 0.6) is 0 Å². The summed E-state index contributed by atoms with van der Waals surface area (Å²) in [6.07, 6.45) is 5.20. The lowest BCUT2D eigenvalue weighted by Gasteiger charge is -2.36. The van der Waals surface area contributed by atoms with Crippen molar-refractivity contribution in [3.8, 4) is 0 Å². The molecule has 2 aliphatic carbocycles. The van der Waals surface area contributed by atoms with Crippen LogP contribution in [0.3, 0.4) is 0 Å². The second-order valence-corrected chi connectivity index (χ2v) is 6.72. The Bertz CT molecular complexity index is 472. The quantitative estimate of drug-likeness (QED) is 0.820. The average molecular weight is 293 g/mol. The highest BCUT2D eigenvalue weighted by molar-refractivity contribution is 5.34. The topological polar surface area (TPSA) is 12.0 Å². The summed E-state index contributed by atoms with van der Waals surface area (Å²) in [6, 6.07) is 8.85. The van der Waals surface area contributed by atoms with E-state index in [1.807, 2.05) is 7.05 Å². The van der Waals surface area contributed by atoms with Crippen LogP contribution < -0.4 is 5.32 Å². The molecule has 2 saturated carbocycles. The molecule has 1 N–H and O–H groups in total. The van der Waals surface area contributed by atoms with Gasteiger partial charge in [-0.2, -0.15) is 0 Å². The molecule has 2 aliphatic rings. The van der Waals surface area contributed by atoms with Gasteiger partial charge in [0.15, 0.2) is 0 Å². The van der Waals surface area contributed by atoms with E-state index in [9.17, 15) is 8.78 Å². The molecule has 1 nitrogen and oxygen atoms in total. The van der Waals surface area contributed by atoms with Gasteiger partial charge in [-0.25, -0.2) is 8.78 Å². The number of alkyl halides is 2. The zero-order valence-electron chi connectivity index (χ0n) is 12.7. The molecule has 3 rings (SSSR count). The van der Waals surface area contributed by atoms with Crippen LogP contribution in [0.4, 0.5) is 8.78 Å². The summed E-state index contributed by atoms with van der Waals surface area (Å²) in [5.74, 6) is -1.43. The molecule has 0 bridgehead atoms. The molecule has 2 fully saturated rings. The number of rotatable bonds is 4. The fourth-order valence-electron chi connectivity index (χ4n) is 3.93. The molecular weight excluding hydrogens is 268 g/mol. The van der Waals surface area contributed by atoms with Crippen LogP contribution in [-0.2, 0) is 0 Å². The first kappa shape index (κ1) is 15.0. The highest BCUT2D eigenvalue weighted by Crippen LogP contribution is 2.45. The minimum atomic E-state index is -2.44. The standard InChI is InChI=1S/C18H25F2N/c1-21-17(14-9-11-18(19,20)12-10-14)16-8-3-2-7-15(16)13-5-4-6-13/h2-3,7-8,13-14,17,21H,4-6,9-12H2,1H3. The summed E-state index contributed by atoms with van der Waals surface area (Å²) >= 11 is 0. The van der Waals surface area contributed by atoms with Crippen LogP contribution >= 0.6 is 0 Å². The van der Waals surface area contributed by atoms with E-state index in [-0.39, 0.29) is 18.9 Å². The smallest absolute Gasteiger partial charge is 0.248 e. The summed E-state index contributed by atoms with van der Waals surface area (Å²) in [4.78, 5) is 0. The molecule has 0 aliphatic heterocycles. The van der Waals surface area contributed by atoms with E-state index in [0.29, 0.717) is 24.7 Å². The zero-order valence-corrected chi connectivity index (χ0v) is 12.7. The van der Waals surface area contributed by atoms with Crippen molar-refractivity contribution >= 4 is 0 Å². The Hall–Kier alpha value is -0.960. The molecule has 1 aromatic rings. The van der Waals surface area contributed by atoms with Crippen molar-refractivity contribution in [2.24, 2.45) is 5.92 Å². The molecule has 21 heavy (non-hydrogen) atoms. The molecule has 0 spiro atoms. The van der Waals surface area contributed by atoms with Gasteiger partial charge in [0.05, 0.1) is 0 Å². The lowest BCUT2D eigenvalue weighted by molar-refractivity contribution is -0.0495. The largest absolute Gasteiger partial charge is 0.313 e. The molecule has 0 heterocycles. The maximum atomic E-state index is 13.4. The zero-order chi connectivity index (χ0) is 14.9. The minimum absolute atomic E-state index is 0.0431. The normalized spacial score (nSPS) is 24.5. The van der Waals surface area contributed by atoms with E-state index in [1.54, 1.807) is 0 Å². The maximum Gasteiger partial charge on any atom is 0.248 e. The second-order valence-electron chi connectivity index (χ2n) is 6.72. The predicted molar refractivity (Wildman–Crippen MR) is 81.7 cm³/mol. The molecule has 0 radical (unpaired) electrons. The van der Waals surface area contributed by atoms with Crippen LogP contribution in [0.25, 0.3) is 0 Å². The van der Waals surface area contributed by atoms with Crippen LogP contribution in [0, 0.1) is 5.92 Å². The Labute approximate surface area is 126 Å². The molecule has 116 valence electrons. The van der Waals surface area contributed by atoms with Gasteiger partial charge in [0, 0.05) is 18.9 Å². The van der Waals surface area contributed by atoms with E-state index in [2.05, 4.69) is 29.6 Å². The van der Waals surface area contributed by atoms with Crippen molar-refractivity contribution in [2.45, 2.75) is 62.8 Å². The second kappa shape index (κ2) is 6.04. The van der Waals surface area contributed by atoms with Gasteiger partial charge in [0.2, 0.25) is 5.92 Å². The summed E-state index contributed by atoms with van der Waals surface area (Å²) in [5.41, 5.74) is 2.79. The number of benzene rings is 1. The Kier molecular flexibility index (Phi) is 4.30. The predicted octanol–water partition coefficient (Wildman–Crippen LogP) is 5.04. The highest BCUT2D eigenvalue weighted by Gasteiger charge is 2.38. The van der Waals surface area contributed by atoms with Crippen molar-refractivity contribution in [1.82, 2.24) is 5.32 Å². The lowest BCUT2D eigenvalue weighted by atomic mass is 9.73. The lowest BCUT2D eigenvalue weighted by Crippen LogP contribution is -2.33. The summed E-state index contributed by atoms with van der Waals surface area (Å²) in [6.45, 7) is 0. The van der Waals surface area contributed by atoms with Crippen molar-refractivity contribution in [1.29, 1.82) is 0 Å². The molecule has 1 atom stereocenters. The monoisotopic (exact) mass is 293 g/mol. The van der Waals surface area contributed by atoms with Gasteiger partial charge in [-0.05, 0) is 55.7 Å². The number of halogens is 2. The minimum Gasteiger partial charge on any atom is -0.313 e. The molecule has 3 heteroatoms. The van der Waals surface area contributed by atoms with E-state index < -0.39 is 5.92 Å². The van der Waals surface area contributed by atoms with Gasteiger partial charge in [-0.15, -0.1) is 0 Å². The Morgan fingerprint density at radius 1 is 1.10 bits per heavy atom. The Morgan fingerprint density at radius 2 is 1.76 bits per heavy atom. The number of hydrogen-bond donors (Lipinski definition) is 1. The van der Waals surface area contributed by atoms with Crippen molar-refractivity contribution in [2.75, 3.05) is 7.05 Å². The van der Waals surface area contributed by atoms with Gasteiger partial charge in [-0.1, -0.05) is 30.7 Å². The SMILES string of the molecule is CNC(c1ccccc1C1CCC1)C1CCC(F)(F)CC1. The third-order valence-corrected chi connectivity index (χ3v) is 5.42. The Morgan fingerprint density at radius 3 is 2.33 bits per heavy atom. The van der Waals surface area contributed by atoms with Gasteiger partial charge in [0.25, 0.3) is 0 Å². The van der Waals surface area contributed by atoms with Crippen molar-refractivity contribution in [3.63, 3.8) is 0 Å². The number of nitrogens with one attached hydrogen (secondary N) is 1. The van der Waals surface area contributed by atoms with E-state index >= 15 is 0 Å². The highest BCUT2D eigenvalue weighted by atomic mass is 19.3. The first-order chi connectivity index (χ1) is 10.1. The summed E-state index contributed by atoms with van der Waals surface area (Å²) in [5, 5.41) is 3.41. The van der Waals surface area contributed by atoms with Gasteiger partial charge < -0.3 is 5.32 Å². The van der Waals surface area contributed by atoms with Gasteiger partial charge in [0.1, 0.15) is 0 Å². The summed E-state index contributed by atoms with van der Waals surface area (Å²) < 4.78 is 26.8. The van der Waals surface area contributed by atoms with Crippen LogP contribution in [0.15, 0.2) is 24.3 Å². The molecule has 1 unspecified atom stereocenters. The summed E-state index contributed by atoms with van der Waals surface area (Å²) in [7, 11) is 1.97. The van der Waals surface area contributed by atoms with E-state index in [0.717, 1.165) is 0 Å². The maximum absolute atomic E-state index is 13.4. The third kappa shape index (κ3) is 3.13. The Balaban J connectivity index is 1.80. The van der Waals surface area contributed by atoms with Crippen LogP contribution in [0.1, 0.15) is 68.0 Å². The van der Waals surface area contributed by atoms with Gasteiger partial charge >= 0.3 is 0 Å². The fraction of sp³-hybridized carbons (Fsp3) is 0.667. The molecule has 0 saturated heterocycles. The van der Waals surface area contributed by atoms with Crippen molar-refractivity contribution < 1.29 is 8.78 Å². The average Bonchev–Trinajstić information content (AvgIpc) is 2.41. The molecule has 0 amide bonds.